The minimum absolute atomic E-state index is 0.0620. The summed E-state index contributed by atoms with van der Waals surface area (Å²) >= 11 is 6.12. The summed E-state index contributed by atoms with van der Waals surface area (Å²) < 4.78 is 1.82. The first kappa shape index (κ1) is 11.2. The fourth-order valence-electron chi connectivity index (χ4n) is 1.50. The van der Waals surface area contributed by atoms with Gasteiger partial charge in [-0.05, 0) is 18.2 Å². The Bertz CT molecular complexity index is 495. The third kappa shape index (κ3) is 2.12. The van der Waals surface area contributed by atoms with E-state index in [9.17, 15) is 0 Å². The van der Waals surface area contributed by atoms with E-state index in [4.69, 9.17) is 11.6 Å². The molecule has 0 aliphatic carbocycles. The molecular weight excluding hydrogens is 220 g/mol. The van der Waals surface area contributed by atoms with Crippen LogP contribution in [0.4, 0.5) is 0 Å². The predicted octanol–water partition coefficient (Wildman–Crippen LogP) is 3.82. The van der Waals surface area contributed by atoms with Gasteiger partial charge in [-0.25, -0.2) is 4.68 Å². The van der Waals surface area contributed by atoms with E-state index in [1.807, 2.05) is 41.2 Å². The van der Waals surface area contributed by atoms with Gasteiger partial charge in [-0.1, -0.05) is 44.5 Å². The molecule has 0 fully saturated rings. The van der Waals surface area contributed by atoms with Gasteiger partial charge in [0.15, 0.2) is 0 Å². The lowest BCUT2D eigenvalue weighted by Gasteiger charge is -2.14. The van der Waals surface area contributed by atoms with Crippen LogP contribution in [0.25, 0.3) is 5.69 Å². The van der Waals surface area contributed by atoms with Crippen molar-refractivity contribution in [3.8, 4) is 5.69 Å². The molecule has 1 aromatic carbocycles. The average Bonchev–Trinajstić information content (AvgIpc) is 2.66. The Morgan fingerprint density at radius 2 is 1.81 bits per heavy atom. The molecule has 16 heavy (non-hydrogen) atoms. The number of rotatable bonds is 1. The Morgan fingerprint density at radius 1 is 1.12 bits per heavy atom. The molecule has 0 N–H and O–H groups in total. The summed E-state index contributed by atoms with van der Waals surface area (Å²) in [7, 11) is 0. The number of halogens is 1. The molecule has 84 valence electrons. The zero-order chi connectivity index (χ0) is 11.8. The number of nitrogens with zero attached hydrogens (tertiary/aromatic N) is 2. The molecule has 1 aromatic heterocycles. The van der Waals surface area contributed by atoms with Gasteiger partial charge < -0.3 is 0 Å². The first-order valence-electron chi connectivity index (χ1n) is 5.29. The van der Waals surface area contributed by atoms with Crippen LogP contribution in [0.1, 0.15) is 26.5 Å². The van der Waals surface area contributed by atoms with Crippen molar-refractivity contribution in [2.45, 2.75) is 26.2 Å². The van der Waals surface area contributed by atoms with Crippen molar-refractivity contribution in [1.82, 2.24) is 9.78 Å². The van der Waals surface area contributed by atoms with Crippen molar-refractivity contribution in [1.29, 1.82) is 0 Å². The van der Waals surface area contributed by atoms with E-state index in [0.29, 0.717) is 5.02 Å². The molecule has 0 atom stereocenters. The molecule has 2 nitrogen and oxygen atoms in total. The first-order valence-corrected chi connectivity index (χ1v) is 5.67. The monoisotopic (exact) mass is 234 g/mol. The van der Waals surface area contributed by atoms with E-state index >= 15 is 0 Å². The van der Waals surface area contributed by atoms with E-state index < -0.39 is 0 Å². The lowest BCUT2D eigenvalue weighted by molar-refractivity contribution is 0.560. The summed E-state index contributed by atoms with van der Waals surface area (Å²) in [6.45, 7) is 6.44. The fourth-order valence-corrected chi connectivity index (χ4v) is 1.72. The Hall–Kier alpha value is -1.28. The highest BCUT2D eigenvalue weighted by Gasteiger charge is 2.17. The second-order valence-corrected chi connectivity index (χ2v) is 5.25. The van der Waals surface area contributed by atoms with Gasteiger partial charge in [-0.3, -0.25) is 0 Å². The smallest absolute Gasteiger partial charge is 0.0831 e. The van der Waals surface area contributed by atoms with Crippen molar-refractivity contribution in [3.63, 3.8) is 0 Å². The molecule has 3 heteroatoms. The summed E-state index contributed by atoms with van der Waals surface area (Å²) in [6.07, 6.45) is 1.95. The third-order valence-electron chi connectivity index (χ3n) is 2.46. The quantitative estimate of drug-likeness (QED) is 0.734. The van der Waals surface area contributed by atoms with Crippen LogP contribution in [-0.2, 0) is 5.41 Å². The molecule has 2 aromatic rings. The predicted molar refractivity (Wildman–Crippen MR) is 67.3 cm³/mol. The van der Waals surface area contributed by atoms with Crippen LogP contribution in [0.5, 0.6) is 0 Å². The topological polar surface area (TPSA) is 17.8 Å². The number of hydrogen-bond acceptors (Lipinski definition) is 1. The lowest BCUT2D eigenvalue weighted by atomic mass is 9.93. The normalized spacial score (nSPS) is 11.8. The van der Waals surface area contributed by atoms with Gasteiger partial charge in [-0.15, -0.1) is 0 Å². The standard InChI is InChI=1S/C13H15ClN2/c1-13(2,3)12-8-9-16(15-12)11-7-5-4-6-10(11)14/h4-9H,1-3H3. The first-order chi connectivity index (χ1) is 7.48. The lowest BCUT2D eigenvalue weighted by Crippen LogP contribution is -2.12. The minimum atomic E-state index is 0.0620. The summed E-state index contributed by atoms with van der Waals surface area (Å²) in [5.74, 6) is 0. The van der Waals surface area contributed by atoms with E-state index in [0.717, 1.165) is 11.4 Å². The summed E-state index contributed by atoms with van der Waals surface area (Å²) in [4.78, 5) is 0. The van der Waals surface area contributed by atoms with Crippen molar-refractivity contribution in [2.24, 2.45) is 0 Å². The van der Waals surface area contributed by atoms with Crippen LogP contribution in [-0.4, -0.2) is 9.78 Å². The van der Waals surface area contributed by atoms with Gasteiger partial charge in [0.05, 0.1) is 16.4 Å². The summed E-state index contributed by atoms with van der Waals surface area (Å²) in [6, 6.07) is 9.74. The molecule has 0 unspecified atom stereocenters. The number of benzene rings is 1. The van der Waals surface area contributed by atoms with Gasteiger partial charge in [0.2, 0.25) is 0 Å². The Morgan fingerprint density at radius 3 is 2.38 bits per heavy atom. The van der Waals surface area contributed by atoms with Gasteiger partial charge >= 0.3 is 0 Å². The zero-order valence-corrected chi connectivity index (χ0v) is 10.5. The number of aromatic nitrogens is 2. The van der Waals surface area contributed by atoms with Gasteiger partial charge in [0.1, 0.15) is 0 Å². The van der Waals surface area contributed by atoms with E-state index in [-0.39, 0.29) is 5.41 Å². The molecule has 1 heterocycles. The van der Waals surface area contributed by atoms with Gasteiger partial charge in [0, 0.05) is 11.6 Å². The van der Waals surface area contributed by atoms with Crippen LogP contribution >= 0.6 is 11.6 Å². The van der Waals surface area contributed by atoms with Crippen LogP contribution in [0.2, 0.25) is 5.02 Å². The number of para-hydroxylation sites is 1. The van der Waals surface area contributed by atoms with E-state index in [1.54, 1.807) is 0 Å². The highest BCUT2D eigenvalue weighted by atomic mass is 35.5. The Kier molecular flexibility index (Phi) is 2.76. The minimum Gasteiger partial charge on any atom is -0.239 e. The second kappa shape index (κ2) is 3.95. The van der Waals surface area contributed by atoms with Crippen molar-refractivity contribution < 1.29 is 0 Å². The summed E-state index contributed by atoms with van der Waals surface area (Å²) in [5, 5.41) is 5.26. The van der Waals surface area contributed by atoms with E-state index in [1.165, 1.54) is 0 Å². The van der Waals surface area contributed by atoms with Crippen LogP contribution in [0, 0.1) is 0 Å². The third-order valence-corrected chi connectivity index (χ3v) is 2.78. The maximum Gasteiger partial charge on any atom is 0.0831 e. The Labute approximate surface area is 101 Å². The number of hydrogen-bond donors (Lipinski definition) is 0. The second-order valence-electron chi connectivity index (χ2n) is 4.85. The molecule has 0 saturated carbocycles. The van der Waals surface area contributed by atoms with Gasteiger partial charge in [-0.2, -0.15) is 5.10 Å². The molecule has 0 aliphatic rings. The molecular formula is C13H15ClN2. The van der Waals surface area contributed by atoms with Crippen LogP contribution < -0.4 is 0 Å². The molecule has 0 amide bonds. The largest absolute Gasteiger partial charge is 0.239 e. The summed E-state index contributed by atoms with van der Waals surface area (Å²) in [5.41, 5.74) is 2.04. The Balaban J connectivity index is 2.44. The van der Waals surface area contributed by atoms with Crippen molar-refractivity contribution in [2.75, 3.05) is 0 Å². The highest BCUT2D eigenvalue weighted by Crippen LogP contribution is 2.23. The molecule has 0 saturated heterocycles. The van der Waals surface area contributed by atoms with Crippen LogP contribution in [0.3, 0.4) is 0 Å². The maximum absolute atomic E-state index is 6.12. The maximum atomic E-state index is 6.12. The van der Waals surface area contributed by atoms with Crippen LogP contribution in [0.15, 0.2) is 36.5 Å². The van der Waals surface area contributed by atoms with E-state index in [2.05, 4.69) is 25.9 Å². The molecule has 0 radical (unpaired) electrons. The molecule has 0 spiro atoms. The highest BCUT2D eigenvalue weighted by molar-refractivity contribution is 6.32. The zero-order valence-electron chi connectivity index (χ0n) is 9.74. The van der Waals surface area contributed by atoms with Gasteiger partial charge in [0.25, 0.3) is 0 Å². The molecule has 0 aliphatic heterocycles. The molecule has 0 bridgehead atoms. The van der Waals surface area contributed by atoms with Crippen molar-refractivity contribution in [3.05, 3.63) is 47.2 Å². The molecule has 2 rings (SSSR count). The van der Waals surface area contributed by atoms with Crippen molar-refractivity contribution >= 4 is 11.6 Å². The fraction of sp³-hybridized carbons (Fsp3) is 0.308. The SMILES string of the molecule is CC(C)(C)c1ccn(-c2ccccc2Cl)n1. The average molecular weight is 235 g/mol.